The predicted molar refractivity (Wildman–Crippen MR) is 196 cm³/mol. The zero-order chi connectivity index (χ0) is 34.9. The summed E-state index contributed by atoms with van der Waals surface area (Å²) in [5, 5.41) is 0. The zero-order valence-corrected chi connectivity index (χ0v) is 32.7. The van der Waals surface area contributed by atoms with Gasteiger partial charge < -0.3 is 17.7 Å². The molecule has 2 saturated heterocycles. The Balaban J connectivity index is 1.13. The van der Waals surface area contributed by atoms with E-state index < -0.39 is 34.6 Å². The number of benzene rings is 1. The Bertz CT molecular complexity index is 1670. The summed E-state index contributed by atoms with van der Waals surface area (Å²) in [6, 6.07) is 8.72. The first-order valence-electron chi connectivity index (χ1n) is 18.9. The Kier molecular flexibility index (Phi) is 9.36. The van der Waals surface area contributed by atoms with Crippen LogP contribution in [0.2, 0.25) is 22.2 Å². The molecule has 6 fully saturated rings. The third-order valence-corrected chi connectivity index (χ3v) is 23.0. The van der Waals surface area contributed by atoms with Crippen LogP contribution in [0.15, 0.2) is 40.1 Å². The van der Waals surface area contributed by atoms with Crippen molar-refractivity contribution in [2.75, 3.05) is 6.61 Å². The van der Waals surface area contributed by atoms with E-state index in [4.69, 9.17) is 17.7 Å². The van der Waals surface area contributed by atoms with Crippen LogP contribution >= 0.6 is 0 Å². The summed E-state index contributed by atoms with van der Waals surface area (Å²) in [6.45, 7) is 17.9. The van der Waals surface area contributed by atoms with Gasteiger partial charge >= 0.3 is 22.8 Å². The Morgan fingerprint density at radius 2 is 1.35 bits per heavy atom. The number of aromatic amines is 1. The highest BCUT2D eigenvalue weighted by Crippen LogP contribution is 2.60. The summed E-state index contributed by atoms with van der Waals surface area (Å²) in [6.07, 6.45) is 8.99. The maximum atomic E-state index is 13.2. The van der Waals surface area contributed by atoms with E-state index in [9.17, 15) is 9.59 Å². The molecule has 8 nitrogen and oxygen atoms in total. The van der Waals surface area contributed by atoms with Gasteiger partial charge in [-0.05, 0) is 102 Å². The first kappa shape index (κ1) is 35.2. The number of aromatic nitrogens is 2. The first-order chi connectivity index (χ1) is 23.2. The van der Waals surface area contributed by atoms with Crippen LogP contribution in [-0.4, -0.2) is 45.5 Å². The number of rotatable bonds is 6. The van der Waals surface area contributed by atoms with Crippen molar-refractivity contribution in [3.05, 3.63) is 68.0 Å². The van der Waals surface area contributed by atoms with E-state index >= 15 is 0 Å². The number of hydrogen-bond acceptors (Lipinski definition) is 6. The van der Waals surface area contributed by atoms with E-state index in [0.717, 1.165) is 23.3 Å². The molecule has 4 aliphatic carbocycles. The lowest BCUT2D eigenvalue weighted by Crippen LogP contribution is -2.65. The molecule has 49 heavy (non-hydrogen) atoms. The van der Waals surface area contributed by atoms with Gasteiger partial charge in [0.25, 0.3) is 5.56 Å². The van der Waals surface area contributed by atoms with Crippen LogP contribution in [0.5, 0.6) is 0 Å². The largest absolute Gasteiger partial charge is 0.414 e. The summed E-state index contributed by atoms with van der Waals surface area (Å²) in [7, 11) is -5.53. The summed E-state index contributed by atoms with van der Waals surface area (Å²) in [5.41, 5.74) is 2.71. The molecule has 3 heterocycles. The van der Waals surface area contributed by atoms with E-state index in [1.807, 2.05) is 0 Å². The lowest BCUT2D eigenvalue weighted by molar-refractivity contribution is -0.0566. The van der Waals surface area contributed by atoms with E-state index in [1.165, 1.54) is 48.7 Å². The maximum Gasteiger partial charge on any atom is 0.335 e. The molecule has 6 aliphatic rings. The molecule has 0 spiro atoms. The second-order valence-electron chi connectivity index (χ2n) is 17.2. The smallest absolute Gasteiger partial charge is 0.335 e. The predicted octanol–water partition coefficient (Wildman–Crippen LogP) is 7.65. The topological polar surface area (TPSA) is 91.8 Å². The van der Waals surface area contributed by atoms with Gasteiger partial charge in [-0.1, -0.05) is 79.4 Å². The van der Waals surface area contributed by atoms with Crippen molar-refractivity contribution in [2.24, 2.45) is 17.8 Å². The standard InChI is InChI=1S/C39H56N2O6Si2/c1-24(2)48(25(3)4)44-23-35-34(46-49(47-48,26(5)6)27(7)8)18-36(45-35)41-22-32(37(42)40-38(41)43)12-9-28-10-13-33(14-11-28)39-19-29-15-30(20-39)17-31(16-29)21-39/h10-11,13-14,22,24-27,29-31,34-36H,15-21,23H2,1-8H3,(H,40,42,43)/t29?,30?,31?,34-,35+,36+,39?/m0/s1. The van der Waals surface area contributed by atoms with E-state index in [1.54, 1.807) is 6.20 Å². The molecule has 1 aromatic heterocycles. The molecule has 10 heteroatoms. The average molecular weight is 705 g/mol. The van der Waals surface area contributed by atoms with E-state index in [2.05, 4.69) is 96.5 Å². The molecule has 0 unspecified atom stereocenters. The molecule has 2 aromatic rings. The first-order valence-corrected chi connectivity index (χ1v) is 22.8. The highest BCUT2D eigenvalue weighted by Gasteiger charge is 2.60. The number of nitrogens with one attached hydrogen (secondary N) is 1. The minimum absolute atomic E-state index is 0.192. The van der Waals surface area contributed by atoms with Gasteiger partial charge in [-0.2, -0.15) is 0 Å². The molecule has 1 N–H and O–H groups in total. The molecule has 0 radical (unpaired) electrons. The van der Waals surface area contributed by atoms with Gasteiger partial charge in [0.15, 0.2) is 0 Å². The Hall–Kier alpha value is -2.27. The van der Waals surface area contributed by atoms with E-state index in [-0.39, 0.29) is 39.9 Å². The average Bonchev–Trinajstić information content (AvgIpc) is 3.41. The molecule has 8 rings (SSSR count). The van der Waals surface area contributed by atoms with Gasteiger partial charge in [0.1, 0.15) is 17.9 Å². The van der Waals surface area contributed by atoms with Gasteiger partial charge in [0.2, 0.25) is 0 Å². The molecule has 3 atom stereocenters. The molecule has 266 valence electrons. The maximum absolute atomic E-state index is 13.2. The van der Waals surface area contributed by atoms with Gasteiger partial charge in [0.05, 0.1) is 12.7 Å². The monoisotopic (exact) mass is 704 g/mol. The summed E-state index contributed by atoms with van der Waals surface area (Å²) < 4.78 is 29.4. The fourth-order valence-corrected chi connectivity index (χ4v) is 21.8. The van der Waals surface area contributed by atoms with Crippen LogP contribution in [0.1, 0.15) is 123 Å². The number of ether oxygens (including phenoxy) is 1. The van der Waals surface area contributed by atoms with Crippen LogP contribution < -0.4 is 11.2 Å². The second-order valence-corrected chi connectivity index (χ2v) is 26.1. The highest BCUT2D eigenvalue weighted by atomic mass is 28.5. The Morgan fingerprint density at radius 3 is 1.90 bits per heavy atom. The normalized spacial score (nSPS) is 33.1. The van der Waals surface area contributed by atoms with Crippen LogP contribution in [0, 0.1) is 29.6 Å². The summed E-state index contributed by atoms with van der Waals surface area (Å²) in [4.78, 5) is 28.7. The Morgan fingerprint density at radius 1 is 0.776 bits per heavy atom. The van der Waals surface area contributed by atoms with Crippen molar-refractivity contribution in [3.63, 3.8) is 0 Å². The molecular formula is C39H56N2O6Si2. The second kappa shape index (κ2) is 13.1. The number of fused-ring (bicyclic) bond motifs is 1. The van der Waals surface area contributed by atoms with Crippen LogP contribution in [-0.2, 0) is 23.1 Å². The Labute approximate surface area is 294 Å². The number of nitrogens with zero attached hydrogens (tertiary/aromatic N) is 1. The van der Waals surface area contributed by atoms with Crippen molar-refractivity contribution in [1.29, 1.82) is 0 Å². The molecule has 2 aliphatic heterocycles. The van der Waals surface area contributed by atoms with Crippen LogP contribution in [0.3, 0.4) is 0 Å². The number of H-pyrrole nitrogens is 1. The van der Waals surface area contributed by atoms with Crippen molar-refractivity contribution < 1.29 is 17.7 Å². The molecule has 0 amide bonds. The molecule has 1 aromatic carbocycles. The molecule has 4 saturated carbocycles. The van der Waals surface area contributed by atoms with E-state index in [0.29, 0.717) is 18.4 Å². The minimum atomic E-state index is -2.82. The van der Waals surface area contributed by atoms with Crippen molar-refractivity contribution in [1.82, 2.24) is 9.55 Å². The van der Waals surface area contributed by atoms with Crippen molar-refractivity contribution in [2.45, 2.75) is 146 Å². The third kappa shape index (κ3) is 6.20. The zero-order valence-electron chi connectivity index (χ0n) is 30.7. The third-order valence-electron chi connectivity index (χ3n) is 12.7. The molecule has 4 bridgehead atoms. The van der Waals surface area contributed by atoms with Gasteiger partial charge in [0, 0.05) is 18.2 Å². The van der Waals surface area contributed by atoms with Crippen molar-refractivity contribution in [3.8, 4) is 11.8 Å². The fraction of sp³-hybridized carbons (Fsp3) is 0.692. The van der Waals surface area contributed by atoms with Crippen LogP contribution in [0.25, 0.3) is 0 Å². The number of hydrogen-bond donors (Lipinski definition) is 1. The van der Waals surface area contributed by atoms with Gasteiger partial charge in [-0.3, -0.25) is 14.3 Å². The van der Waals surface area contributed by atoms with Gasteiger partial charge in [-0.15, -0.1) is 0 Å². The van der Waals surface area contributed by atoms with Crippen LogP contribution in [0.4, 0.5) is 0 Å². The lowest BCUT2D eigenvalue weighted by atomic mass is 9.48. The van der Waals surface area contributed by atoms with Gasteiger partial charge in [-0.25, -0.2) is 4.79 Å². The quantitative estimate of drug-likeness (QED) is 0.246. The highest BCUT2D eigenvalue weighted by molar-refractivity contribution is 6.84. The SMILES string of the molecule is CC(C)[Si]1(C(C)C)OC[C@H]2O[C@@H](n3cc(C#Cc4ccc(C56CC7CC(CC(C7)C5)C6)cc4)c(=O)[nH]c3=O)C[C@@H]2O[Si](C(C)C)(C(C)C)O1. The minimum Gasteiger partial charge on any atom is -0.414 e. The lowest BCUT2D eigenvalue weighted by Gasteiger charge is -2.57. The van der Waals surface area contributed by atoms with Crippen molar-refractivity contribution >= 4 is 17.1 Å². The summed E-state index contributed by atoms with van der Waals surface area (Å²) >= 11 is 0. The summed E-state index contributed by atoms with van der Waals surface area (Å²) in [5.74, 6) is 8.95. The molecular weight excluding hydrogens is 649 g/mol. The fourth-order valence-electron chi connectivity index (χ4n) is 10.6.